The zero-order valence-electron chi connectivity index (χ0n) is 16.2. The van der Waals surface area contributed by atoms with E-state index in [0.29, 0.717) is 16.8 Å². The zero-order valence-corrected chi connectivity index (χ0v) is 17.8. The van der Waals surface area contributed by atoms with Gasteiger partial charge in [0.25, 0.3) is 5.91 Å². The van der Waals surface area contributed by atoms with Gasteiger partial charge < -0.3 is 4.90 Å². The van der Waals surface area contributed by atoms with E-state index < -0.39 is 20.0 Å². The van der Waals surface area contributed by atoms with Gasteiger partial charge in [-0.25, -0.2) is 16.8 Å². The van der Waals surface area contributed by atoms with Crippen molar-refractivity contribution < 1.29 is 21.6 Å². The van der Waals surface area contributed by atoms with Gasteiger partial charge in [-0.1, -0.05) is 18.2 Å². The minimum Gasteiger partial charge on any atom is -0.336 e. The Morgan fingerprint density at radius 2 is 1.55 bits per heavy atom. The summed E-state index contributed by atoms with van der Waals surface area (Å²) in [4.78, 5) is 14.6. The maximum atomic E-state index is 12.8. The molecule has 0 spiro atoms. The fraction of sp³-hybridized carbons (Fsp3) is 0.316. The van der Waals surface area contributed by atoms with Crippen LogP contribution in [0, 0.1) is 6.92 Å². The number of hydrogen-bond acceptors (Lipinski definition) is 5. The Hall–Kier alpha value is -2.43. The van der Waals surface area contributed by atoms with Gasteiger partial charge in [0.05, 0.1) is 16.8 Å². The van der Waals surface area contributed by atoms with Crippen molar-refractivity contribution in [1.29, 1.82) is 0 Å². The summed E-state index contributed by atoms with van der Waals surface area (Å²) in [6, 6.07) is 13.0. The van der Waals surface area contributed by atoms with Gasteiger partial charge >= 0.3 is 0 Å². The lowest BCUT2D eigenvalue weighted by Gasteiger charge is -2.34. The van der Waals surface area contributed by atoms with Crippen molar-refractivity contribution in [3.05, 3.63) is 59.7 Å². The van der Waals surface area contributed by atoms with Gasteiger partial charge in [0.15, 0.2) is 0 Å². The number of piperazine rings is 1. The molecule has 0 aliphatic carbocycles. The van der Waals surface area contributed by atoms with Crippen molar-refractivity contribution in [3.8, 4) is 0 Å². The Kier molecular flexibility index (Phi) is 5.97. The molecule has 8 nitrogen and oxygen atoms in total. The first-order chi connectivity index (χ1) is 13.6. The molecule has 156 valence electrons. The molecule has 2 aromatic carbocycles. The lowest BCUT2D eigenvalue weighted by Crippen LogP contribution is -2.50. The molecule has 0 radical (unpaired) electrons. The first-order valence-electron chi connectivity index (χ1n) is 9.01. The molecule has 10 heteroatoms. The fourth-order valence-corrected chi connectivity index (χ4v) is 5.24. The Morgan fingerprint density at radius 3 is 2.10 bits per heavy atom. The molecule has 2 aromatic rings. The minimum atomic E-state index is -3.58. The third-order valence-corrected chi connectivity index (χ3v) is 7.18. The van der Waals surface area contributed by atoms with Crippen LogP contribution in [0.5, 0.6) is 0 Å². The summed E-state index contributed by atoms with van der Waals surface area (Å²) in [5.74, 6) is -0.212. The van der Waals surface area contributed by atoms with E-state index in [1.807, 2.05) is 0 Å². The van der Waals surface area contributed by atoms with Gasteiger partial charge in [0, 0.05) is 31.7 Å². The second-order valence-corrected chi connectivity index (χ2v) is 10.6. The van der Waals surface area contributed by atoms with Crippen LogP contribution in [0.3, 0.4) is 0 Å². The molecule has 0 aromatic heterocycles. The third-order valence-electron chi connectivity index (χ3n) is 4.68. The van der Waals surface area contributed by atoms with Crippen LogP contribution in [0.25, 0.3) is 0 Å². The van der Waals surface area contributed by atoms with Gasteiger partial charge in [-0.3, -0.25) is 9.52 Å². The van der Waals surface area contributed by atoms with Crippen molar-refractivity contribution in [2.75, 3.05) is 37.2 Å². The Labute approximate surface area is 171 Å². The van der Waals surface area contributed by atoms with E-state index >= 15 is 0 Å². The molecule has 1 aliphatic rings. The van der Waals surface area contributed by atoms with Crippen molar-refractivity contribution in [2.24, 2.45) is 0 Å². The molecule has 1 N–H and O–H groups in total. The van der Waals surface area contributed by atoms with Gasteiger partial charge in [-0.2, -0.15) is 4.31 Å². The van der Waals surface area contributed by atoms with Crippen LogP contribution in [-0.4, -0.2) is 64.4 Å². The van der Waals surface area contributed by atoms with Crippen molar-refractivity contribution in [1.82, 2.24) is 9.21 Å². The number of nitrogens with zero attached hydrogens (tertiary/aromatic N) is 2. The molecule has 3 rings (SSSR count). The summed E-state index contributed by atoms with van der Waals surface area (Å²) in [5.41, 5.74) is 1.48. The van der Waals surface area contributed by atoms with Crippen molar-refractivity contribution in [3.63, 3.8) is 0 Å². The van der Waals surface area contributed by atoms with E-state index in [1.165, 1.54) is 4.31 Å². The Bertz CT molecular complexity index is 1110. The SMILES string of the molecule is Cc1cc(C(=O)N2CCN(S(=O)(=O)c3ccccc3)CC2)ccc1NS(C)(=O)=O. The summed E-state index contributed by atoms with van der Waals surface area (Å²) in [7, 11) is -6.98. The average molecular weight is 438 g/mol. The molecule has 1 fully saturated rings. The molecule has 0 unspecified atom stereocenters. The lowest BCUT2D eigenvalue weighted by atomic mass is 10.1. The van der Waals surface area contributed by atoms with Crippen LogP contribution in [0.1, 0.15) is 15.9 Å². The molecule has 1 amide bonds. The van der Waals surface area contributed by atoms with E-state index in [1.54, 1.807) is 60.4 Å². The predicted molar refractivity (Wildman–Crippen MR) is 111 cm³/mol. The van der Waals surface area contributed by atoms with Gasteiger partial charge in [-0.05, 0) is 42.8 Å². The Morgan fingerprint density at radius 1 is 0.931 bits per heavy atom. The molecule has 1 saturated heterocycles. The van der Waals surface area contributed by atoms with Gasteiger partial charge in [-0.15, -0.1) is 0 Å². The molecule has 0 saturated carbocycles. The van der Waals surface area contributed by atoms with Crippen molar-refractivity contribution in [2.45, 2.75) is 11.8 Å². The van der Waals surface area contributed by atoms with Crippen molar-refractivity contribution >= 4 is 31.6 Å². The molecule has 1 heterocycles. The summed E-state index contributed by atoms with van der Waals surface area (Å²) in [5, 5.41) is 0. The van der Waals surface area contributed by atoms with Crippen LogP contribution in [0.4, 0.5) is 5.69 Å². The standard InChI is InChI=1S/C19H23N3O5S2/c1-15-14-16(8-9-18(15)20-28(2,24)25)19(23)21-10-12-22(13-11-21)29(26,27)17-6-4-3-5-7-17/h3-9,14,20H,10-13H2,1-2H3. The largest absolute Gasteiger partial charge is 0.336 e. The molecule has 1 aliphatic heterocycles. The van der Waals surface area contributed by atoms with E-state index in [0.717, 1.165) is 6.26 Å². The molecular weight excluding hydrogens is 414 g/mol. The van der Waals surface area contributed by atoms with Gasteiger partial charge in [0.1, 0.15) is 0 Å². The van der Waals surface area contributed by atoms with Crippen LogP contribution in [-0.2, 0) is 20.0 Å². The fourth-order valence-electron chi connectivity index (χ4n) is 3.17. The maximum absolute atomic E-state index is 12.8. The number of sulfonamides is 2. The van der Waals surface area contributed by atoms with Crippen LogP contribution >= 0.6 is 0 Å². The zero-order chi connectivity index (χ0) is 21.2. The topological polar surface area (TPSA) is 104 Å². The maximum Gasteiger partial charge on any atom is 0.253 e. The average Bonchev–Trinajstić information content (AvgIpc) is 2.69. The van der Waals surface area contributed by atoms with Crippen LogP contribution in [0.2, 0.25) is 0 Å². The van der Waals surface area contributed by atoms with E-state index in [-0.39, 0.29) is 37.0 Å². The smallest absolute Gasteiger partial charge is 0.253 e. The Balaban J connectivity index is 1.68. The van der Waals surface area contributed by atoms with Crippen LogP contribution in [0.15, 0.2) is 53.4 Å². The number of carbonyl (C=O) groups is 1. The summed E-state index contributed by atoms with van der Waals surface area (Å²) in [6.45, 7) is 2.72. The number of hydrogen-bond donors (Lipinski definition) is 1. The molecule has 0 bridgehead atoms. The number of rotatable bonds is 5. The first kappa shape index (κ1) is 21.3. The van der Waals surface area contributed by atoms with E-state index in [9.17, 15) is 21.6 Å². The normalized spacial score (nSPS) is 15.9. The lowest BCUT2D eigenvalue weighted by molar-refractivity contribution is 0.0698. The van der Waals surface area contributed by atoms with Crippen LogP contribution < -0.4 is 4.72 Å². The second kappa shape index (κ2) is 8.13. The number of nitrogens with one attached hydrogen (secondary N) is 1. The molecule has 0 atom stereocenters. The summed E-state index contributed by atoms with van der Waals surface area (Å²) in [6.07, 6.45) is 1.06. The number of carbonyl (C=O) groups excluding carboxylic acids is 1. The molecule has 29 heavy (non-hydrogen) atoms. The predicted octanol–water partition coefficient (Wildman–Crippen LogP) is 1.51. The number of anilines is 1. The first-order valence-corrected chi connectivity index (χ1v) is 12.3. The minimum absolute atomic E-state index is 0.212. The third kappa shape index (κ3) is 4.95. The highest BCUT2D eigenvalue weighted by Crippen LogP contribution is 2.21. The quantitative estimate of drug-likeness (QED) is 0.764. The van der Waals surface area contributed by atoms with Gasteiger partial charge in [0.2, 0.25) is 20.0 Å². The molecular formula is C19H23N3O5S2. The van der Waals surface area contributed by atoms with E-state index in [4.69, 9.17) is 0 Å². The second-order valence-electron chi connectivity index (χ2n) is 6.91. The highest BCUT2D eigenvalue weighted by atomic mass is 32.2. The number of amides is 1. The number of aryl methyl sites for hydroxylation is 1. The summed E-state index contributed by atoms with van der Waals surface area (Å²) < 4.78 is 52.0. The highest BCUT2D eigenvalue weighted by Gasteiger charge is 2.30. The summed E-state index contributed by atoms with van der Waals surface area (Å²) >= 11 is 0. The highest BCUT2D eigenvalue weighted by molar-refractivity contribution is 7.92. The van der Waals surface area contributed by atoms with E-state index in [2.05, 4.69) is 4.72 Å². The monoisotopic (exact) mass is 437 g/mol. The number of benzene rings is 2.